The average Bonchev–Trinajstić information content (AvgIpc) is 2.57. The van der Waals surface area contributed by atoms with Crippen molar-refractivity contribution in [3.8, 4) is 5.75 Å². The van der Waals surface area contributed by atoms with Crippen molar-refractivity contribution in [3.05, 3.63) is 58.6 Å². The first-order valence-corrected chi connectivity index (χ1v) is 11.0. The van der Waals surface area contributed by atoms with Gasteiger partial charge in [0.15, 0.2) is 0 Å². The summed E-state index contributed by atoms with van der Waals surface area (Å²) in [7, 11) is -3.41. The molecule has 0 bridgehead atoms. The van der Waals surface area contributed by atoms with Crippen LogP contribution in [0.5, 0.6) is 5.75 Å². The van der Waals surface area contributed by atoms with Crippen LogP contribution in [0.25, 0.3) is 0 Å². The predicted octanol–water partition coefficient (Wildman–Crippen LogP) is 3.82. The Hall–Kier alpha value is -2.25. The normalized spacial score (nSPS) is 11.8. The van der Waals surface area contributed by atoms with Gasteiger partial charge in [-0.15, -0.1) is 0 Å². The fourth-order valence-electron chi connectivity index (χ4n) is 2.46. The zero-order valence-corrected chi connectivity index (χ0v) is 17.9. The number of carbonyl (C=O) groups excluding carboxylic acids is 1. The lowest BCUT2D eigenvalue weighted by Gasteiger charge is -2.19. The van der Waals surface area contributed by atoms with E-state index in [2.05, 4.69) is 30.8 Å². The number of amides is 1. The van der Waals surface area contributed by atoms with Crippen LogP contribution in [0.3, 0.4) is 0 Å². The van der Waals surface area contributed by atoms with E-state index in [-0.39, 0.29) is 21.9 Å². The Morgan fingerprint density at radius 1 is 1.11 bits per heavy atom. The number of hydrogen-bond donors (Lipinski definition) is 2. The third-order valence-corrected chi connectivity index (χ3v) is 4.81. The molecule has 2 rings (SSSR count). The summed E-state index contributed by atoms with van der Waals surface area (Å²) in [6, 6.07) is 12.2. The van der Waals surface area contributed by atoms with Gasteiger partial charge in [0.25, 0.3) is 5.91 Å². The maximum atomic E-state index is 12.2. The molecule has 2 aromatic rings. The lowest BCUT2D eigenvalue weighted by atomic mass is 9.87. The Labute approximate surface area is 171 Å². The highest BCUT2D eigenvalue weighted by Gasteiger charge is 2.14. The summed E-state index contributed by atoms with van der Waals surface area (Å²) in [5, 5.41) is 2.88. The van der Waals surface area contributed by atoms with E-state index in [9.17, 15) is 13.2 Å². The molecule has 0 aromatic heterocycles. The number of ether oxygens (including phenoxy) is 1. The van der Waals surface area contributed by atoms with Gasteiger partial charge < -0.3 is 10.1 Å². The fourth-order valence-corrected chi connectivity index (χ4v) is 3.28. The molecule has 0 fully saturated rings. The number of nitrogens with one attached hydrogen (secondary N) is 2. The topological polar surface area (TPSA) is 84.5 Å². The van der Waals surface area contributed by atoms with Gasteiger partial charge in [-0.05, 0) is 41.3 Å². The number of sulfonamides is 1. The highest BCUT2D eigenvalue weighted by molar-refractivity contribution is 7.92. The fraction of sp³-hybridized carbons (Fsp3) is 0.350. The van der Waals surface area contributed by atoms with Crippen LogP contribution in [0.2, 0.25) is 5.02 Å². The largest absolute Gasteiger partial charge is 0.492 e. The molecule has 8 heteroatoms. The molecule has 28 heavy (non-hydrogen) atoms. The average molecular weight is 425 g/mol. The molecule has 2 aromatic carbocycles. The lowest BCUT2D eigenvalue weighted by Crippen LogP contribution is -2.28. The zero-order valence-electron chi connectivity index (χ0n) is 16.4. The summed E-state index contributed by atoms with van der Waals surface area (Å²) in [5.74, 6) is 0.374. The number of benzene rings is 2. The minimum absolute atomic E-state index is 0.0815. The standard InChI is InChI=1S/C20H25ClN2O4S/c1-20(2,3)14-5-8-16(9-6-14)27-12-11-22-19(24)17-10-7-15(13-18(17)21)23-28(4,25)26/h5-10,13,23H,11-12H2,1-4H3,(H,22,24). The van der Waals surface area contributed by atoms with E-state index >= 15 is 0 Å². The first-order chi connectivity index (χ1) is 13.0. The summed E-state index contributed by atoms with van der Waals surface area (Å²) in [5.41, 5.74) is 1.86. The van der Waals surface area contributed by atoms with Gasteiger partial charge >= 0.3 is 0 Å². The first-order valence-electron chi connectivity index (χ1n) is 8.74. The molecule has 0 radical (unpaired) electrons. The van der Waals surface area contributed by atoms with Gasteiger partial charge in [0.2, 0.25) is 10.0 Å². The quantitative estimate of drug-likeness (QED) is 0.662. The molecule has 0 aliphatic carbocycles. The Balaban J connectivity index is 1.85. The van der Waals surface area contributed by atoms with Crippen molar-refractivity contribution in [1.82, 2.24) is 5.32 Å². The molecule has 6 nitrogen and oxygen atoms in total. The minimum Gasteiger partial charge on any atom is -0.492 e. The third kappa shape index (κ3) is 6.73. The maximum Gasteiger partial charge on any atom is 0.252 e. The van der Waals surface area contributed by atoms with Crippen molar-refractivity contribution >= 4 is 33.2 Å². The van der Waals surface area contributed by atoms with Gasteiger partial charge in [-0.2, -0.15) is 0 Å². The van der Waals surface area contributed by atoms with E-state index in [1.165, 1.54) is 23.8 Å². The predicted molar refractivity (Wildman–Crippen MR) is 113 cm³/mol. The molecule has 152 valence electrons. The van der Waals surface area contributed by atoms with E-state index in [0.29, 0.717) is 18.8 Å². The summed E-state index contributed by atoms with van der Waals surface area (Å²) < 4.78 is 30.4. The van der Waals surface area contributed by atoms with E-state index in [4.69, 9.17) is 16.3 Å². The van der Waals surface area contributed by atoms with E-state index in [1.54, 1.807) is 0 Å². The number of carbonyl (C=O) groups is 1. The molecule has 0 heterocycles. The number of hydrogen-bond acceptors (Lipinski definition) is 4. The van der Waals surface area contributed by atoms with Crippen LogP contribution in [0.1, 0.15) is 36.7 Å². The molecule has 0 spiro atoms. The summed E-state index contributed by atoms with van der Waals surface area (Å²) >= 11 is 6.09. The Kier molecular flexibility index (Phi) is 6.96. The molecule has 0 aliphatic heterocycles. The number of rotatable bonds is 7. The molecule has 2 N–H and O–H groups in total. The van der Waals surface area contributed by atoms with Gasteiger partial charge in [-0.1, -0.05) is 44.5 Å². The molecule has 0 saturated heterocycles. The second kappa shape index (κ2) is 8.84. The van der Waals surface area contributed by atoms with Crippen molar-refractivity contribution in [1.29, 1.82) is 0 Å². The van der Waals surface area contributed by atoms with Crippen LogP contribution in [0.4, 0.5) is 5.69 Å². The summed E-state index contributed by atoms with van der Waals surface area (Å²) in [6.07, 6.45) is 1.04. The minimum atomic E-state index is -3.41. The number of anilines is 1. The van der Waals surface area contributed by atoms with Crippen LogP contribution in [0.15, 0.2) is 42.5 Å². The van der Waals surface area contributed by atoms with Gasteiger partial charge in [-0.3, -0.25) is 9.52 Å². The molecule has 0 saturated carbocycles. The first kappa shape index (κ1) is 22.0. The van der Waals surface area contributed by atoms with Crippen LogP contribution < -0.4 is 14.8 Å². The summed E-state index contributed by atoms with van der Waals surface area (Å²) in [4.78, 5) is 12.2. The van der Waals surface area contributed by atoms with E-state index in [1.807, 2.05) is 24.3 Å². The van der Waals surface area contributed by atoms with Crippen molar-refractivity contribution in [2.75, 3.05) is 24.1 Å². The molecular formula is C20H25ClN2O4S. The summed E-state index contributed by atoms with van der Waals surface area (Å²) in [6.45, 7) is 7.05. The van der Waals surface area contributed by atoms with Gasteiger partial charge in [0, 0.05) is 5.69 Å². The Morgan fingerprint density at radius 2 is 1.75 bits per heavy atom. The second-order valence-electron chi connectivity index (χ2n) is 7.45. The zero-order chi connectivity index (χ0) is 20.9. The highest BCUT2D eigenvalue weighted by atomic mass is 35.5. The molecule has 0 unspecified atom stereocenters. The van der Waals surface area contributed by atoms with Crippen molar-refractivity contribution in [3.63, 3.8) is 0 Å². The van der Waals surface area contributed by atoms with Gasteiger partial charge in [0.1, 0.15) is 12.4 Å². The second-order valence-corrected chi connectivity index (χ2v) is 9.60. The Bertz CT molecular complexity index is 936. The Morgan fingerprint density at radius 3 is 2.29 bits per heavy atom. The third-order valence-electron chi connectivity index (χ3n) is 3.89. The van der Waals surface area contributed by atoms with Crippen molar-refractivity contribution in [2.24, 2.45) is 0 Å². The molecule has 0 aliphatic rings. The van der Waals surface area contributed by atoms with Gasteiger partial charge in [-0.25, -0.2) is 8.42 Å². The van der Waals surface area contributed by atoms with Crippen LogP contribution in [-0.4, -0.2) is 33.7 Å². The van der Waals surface area contributed by atoms with Crippen LogP contribution in [0, 0.1) is 0 Å². The SMILES string of the molecule is CC(C)(C)c1ccc(OCCNC(=O)c2ccc(NS(C)(=O)=O)cc2Cl)cc1. The van der Waals surface area contributed by atoms with Crippen molar-refractivity contribution in [2.45, 2.75) is 26.2 Å². The maximum absolute atomic E-state index is 12.2. The van der Waals surface area contributed by atoms with Crippen LogP contribution in [-0.2, 0) is 15.4 Å². The molecule has 0 atom stereocenters. The van der Waals surface area contributed by atoms with Gasteiger partial charge in [0.05, 0.1) is 23.4 Å². The molecule has 1 amide bonds. The van der Waals surface area contributed by atoms with E-state index in [0.717, 1.165) is 12.0 Å². The number of halogens is 1. The molecular weight excluding hydrogens is 400 g/mol. The monoisotopic (exact) mass is 424 g/mol. The van der Waals surface area contributed by atoms with E-state index < -0.39 is 10.0 Å². The van der Waals surface area contributed by atoms with Crippen molar-refractivity contribution < 1.29 is 17.9 Å². The lowest BCUT2D eigenvalue weighted by molar-refractivity contribution is 0.0947. The smallest absolute Gasteiger partial charge is 0.252 e. The highest BCUT2D eigenvalue weighted by Crippen LogP contribution is 2.24. The van der Waals surface area contributed by atoms with Crippen LogP contribution >= 0.6 is 11.6 Å².